The Morgan fingerprint density at radius 3 is 3.00 bits per heavy atom. The molecule has 2 aliphatic rings. The van der Waals surface area contributed by atoms with Gasteiger partial charge in [-0.2, -0.15) is 0 Å². The summed E-state index contributed by atoms with van der Waals surface area (Å²) in [5.74, 6) is 0.992. The predicted molar refractivity (Wildman–Crippen MR) is 75.8 cm³/mol. The van der Waals surface area contributed by atoms with Crippen LogP contribution in [0.3, 0.4) is 0 Å². The van der Waals surface area contributed by atoms with Crippen molar-refractivity contribution in [3.8, 4) is 5.75 Å². The first-order valence-electron chi connectivity index (χ1n) is 7.22. The molecule has 19 heavy (non-hydrogen) atoms. The first-order chi connectivity index (χ1) is 9.12. The highest BCUT2D eigenvalue weighted by molar-refractivity contribution is 5.38. The van der Waals surface area contributed by atoms with Crippen LogP contribution >= 0.6 is 0 Å². The first kappa shape index (κ1) is 12.9. The van der Waals surface area contributed by atoms with Crippen molar-refractivity contribution in [2.75, 3.05) is 19.8 Å². The third kappa shape index (κ3) is 3.10. The van der Waals surface area contributed by atoms with Crippen molar-refractivity contribution in [2.24, 2.45) is 0 Å². The highest BCUT2D eigenvalue weighted by atomic mass is 16.5. The molecule has 3 rings (SSSR count). The second-order valence-electron chi connectivity index (χ2n) is 6.34. The van der Waals surface area contributed by atoms with Crippen molar-refractivity contribution < 1.29 is 9.47 Å². The van der Waals surface area contributed by atoms with E-state index in [4.69, 9.17) is 9.47 Å². The zero-order valence-electron chi connectivity index (χ0n) is 11.9. The summed E-state index contributed by atoms with van der Waals surface area (Å²) in [6.45, 7) is 6.49. The number of rotatable bonds is 3. The quantitative estimate of drug-likeness (QED) is 0.906. The SMILES string of the molecule is CC1(C)COCC(COc2ccc3c(c2)CCC3)N1. The standard InChI is InChI=1S/C16H23NO2/c1-16(2)11-18-9-14(17-16)10-19-15-7-6-12-4-3-5-13(12)8-15/h6-8,14,17H,3-5,9-11H2,1-2H3. The molecule has 1 aliphatic heterocycles. The zero-order valence-corrected chi connectivity index (χ0v) is 11.9. The van der Waals surface area contributed by atoms with Crippen LogP contribution in [0.25, 0.3) is 0 Å². The molecule has 1 atom stereocenters. The van der Waals surface area contributed by atoms with Gasteiger partial charge in [-0.05, 0) is 56.4 Å². The summed E-state index contributed by atoms with van der Waals surface area (Å²) in [4.78, 5) is 0. The van der Waals surface area contributed by atoms with Crippen LogP contribution in [-0.2, 0) is 17.6 Å². The van der Waals surface area contributed by atoms with Gasteiger partial charge in [0.2, 0.25) is 0 Å². The van der Waals surface area contributed by atoms with Gasteiger partial charge in [0, 0.05) is 5.54 Å². The van der Waals surface area contributed by atoms with E-state index < -0.39 is 0 Å². The van der Waals surface area contributed by atoms with E-state index in [1.54, 1.807) is 0 Å². The van der Waals surface area contributed by atoms with Gasteiger partial charge in [0.25, 0.3) is 0 Å². The minimum absolute atomic E-state index is 0.0458. The minimum atomic E-state index is 0.0458. The fourth-order valence-corrected chi connectivity index (χ4v) is 3.02. The van der Waals surface area contributed by atoms with Crippen LogP contribution in [0.2, 0.25) is 0 Å². The number of fused-ring (bicyclic) bond motifs is 1. The van der Waals surface area contributed by atoms with Gasteiger partial charge in [-0.15, -0.1) is 0 Å². The van der Waals surface area contributed by atoms with Crippen LogP contribution in [0.1, 0.15) is 31.4 Å². The largest absolute Gasteiger partial charge is 0.492 e. The summed E-state index contributed by atoms with van der Waals surface area (Å²) in [5, 5.41) is 3.57. The smallest absolute Gasteiger partial charge is 0.119 e. The third-order valence-corrected chi connectivity index (χ3v) is 3.90. The molecule has 1 saturated heterocycles. The van der Waals surface area contributed by atoms with Gasteiger partial charge in [-0.25, -0.2) is 0 Å². The van der Waals surface area contributed by atoms with Crippen molar-refractivity contribution in [1.82, 2.24) is 5.32 Å². The molecule has 0 amide bonds. The summed E-state index contributed by atoms with van der Waals surface area (Å²) in [6, 6.07) is 6.79. The van der Waals surface area contributed by atoms with Crippen LogP contribution in [-0.4, -0.2) is 31.4 Å². The summed E-state index contributed by atoms with van der Waals surface area (Å²) in [7, 11) is 0. The van der Waals surface area contributed by atoms with E-state index in [-0.39, 0.29) is 11.6 Å². The molecule has 104 valence electrons. The van der Waals surface area contributed by atoms with Gasteiger partial charge in [-0.1, -0.05) is 6.07 Å². The van der Waals surface area contributed by atoms with Crippen LogP contribution < -0.4 is 10.1 Å². The summed E-state index contributed by atoms with van der Waals surface area (Å²) >= 11 is 0. The van der Waals surface area contributed by atoms with Crippen molar-refractivity contribution in [3.05, 3.63) is 29.3 Å². The molecule has 0 saturated carbocycles. The second kappa shape index (κ2) is 5.14. The maximum Gasteiger partial charge on any atom is 0.119 e. The molecule has 1 aromatic rings. The number of hydrogen-bond donors (Lipinski definition) is 1. The molecule has 3 heteroatoms. The zero-order chi connectivity index (χ0) is 13.3. The van der Waals surface area contributed by atoms with Gasteiger partial charge < -0.3 is 14.8 Å². The lowest BCUT2D eigenvalue weighted by Gasteiger charge is -2.36. The number of nitrogens with one attached hydrogen (secondary N) is 1. The molecule has 0 radical (unpaired) electrons. The topological polar surface area (TPSA) is 30.5 Å². The van der Waals surface area contributed by atoms with Crippen LogP contribution in [0.5, 0.6) is 5.75 Å². The average molecular weight is 261 g/mol. The maximum absolute atomic E-state index is 5.92. The van der Waals surface area contributed by atoms with Crippen LogP contribution in [0.15, 0.2) is 18.2 Å². The highest BCUT2D eigenvalue weighted by Gasteiger charge is 2.28. The Bertz CT molecular complexity index is 456. The Hall–Kier alpha value is -1.06. The van der Waals surface area contributed by atoms with Gasteiger partial charge >= 0.3 is 0 Å². The van der Waals surface area contributed by atoms with Crippen molar-refractivity contribution in [1.29, 1.82) is 0 Å². The third-order valence-electron chi connectivity index (χ3n) is 3.90. The van der Waals surface area contributed by atoms with E-state index in [1.807, 2.05) is 0 Å². The first-order valence-corrected chi connectivity index (χ1v) is 7.22. The van der Waals surface area contributed by atoms with E-state index >= 15 is 0 Å². The predicted octanol–water partition coefficient (Wildman–Crippen LogP) is 2.32. The Kier molecular flexibility index (Phi) is 3.50. The van der Waals surface area contributed by atoms with Gasteiger partial charge in [0.05, 0.1) is 19.3 Å². The monoisotopic (exact) mass is 261 g/mol. The number of ether oxygens (including phenoxy) is 2. The molecule has 0 bridgehead atoms. The summed E-state index contributed by atoms with van der Waals surface area (Å²) in [6.07, 6.45) is 3.71. The van der Waals surface area contributed by atoms with Crippen LogP contribution in [0.4, 0.5) is 0 Å². The molecular formula is C16H23NO2. The number of hydrogen-bond acceptors (Lipinski definition) is 3. The van der Waals surface area contributed by atoms with Gasteiger partial charge in [0.1, 0.15) is 12.4 Å². The fraction of sp³-hybridized carbons (Fsp3) is 0.625. The molecule has 0 spiro atoms. The lowest BCUT2D eigenvalue weighted by molar-refractivity contribution is 0.000942. The molecule has 1 fully saturated rings. The molecule has 1 unspecified atom stereocenters. The number of morpholine rings is 1. The molecule has 1 N–H and O–H groups in total. The van der Waals surface area contributed by atoms with E-state index in [2.05, 4.69) is 37.4 Å². The normalized spacial score (nSPS) is 25.1. The van der Waals surface area contributed by atoms with E-state index in [0.717, 1.165) is 19.0 Å². The Morgan fingerprint density at radius 1 is 1.32 bits per heavy atom. The average Bonchev–Trinajstić information content (AvgIpc) is 2.82. The second-order valence-corrected chi connectivity index (χ2v) is 6.34. The lowest BCUT2D eigenvalue weighted by Crippen LogP contribution is -2.57. The number of benzene rings is 1. The van der Waals surface area contributed by atoms with Gasteiger partial charge in [0.15, 0.2) is 0 Å². The summed E-state index contributed by atoms with van der Waals surface area (Å²) in [5.41, 5.74) is 3.00. The number of aryl methyl sites for hydroxylation is 2. The van der Waals surface area contributed by atoms with Gasteiger partial charge in [-0.3, -0.25) is 0 Å². The molecule has 1 heterocycles. The summed E-state index contributed by atoms with van der Waals surface area (Å²) < 4.78 is 11.5. The maximum atomic E-state index is 5.92. The Balaban J connectivity index is 1.57. The van der Waals surface area contributed by atoms with E-state index in [0.29, 0.717) is 6.61 Å². The fourth-order valence-electron chi connectivity index (χ4n) is 3.02. The molecular weight excluding hydrogens is 238 g/mol. The minimum Gasteiger partial charge on any atom is -0.492 e. The molecule has 0 aromatic heterocycles. The Morgan fingerprint density at radius 2 is 2.16 bits per heavy atom. The van der Waals surface area contributed by atoms with E-state index in [1.165, 1.54) is 30.4 Å². The highest BCUT2D eigenvalue weighted by Crippen LogP contribution is 2.26. The molecule has 1 aliphatic carbocycles. The van der Waals surface area contributed by atoms with Crippen LogP contribution in [0, 0.1) is 0 Å². The molecule has 3 nitrogen and oxygen atoms in total. The lowest BCUT2D eigenvalue weighted by atomic mass is 10.0. The van der Waals surface area contributed by atoms with Crippen molar-refractivity contribution in [3.63, 3.8) is 0 Å². The van der Waals surface area contributed by atoms with E-state index in [9.17, 15) is 0 Å². The van der Waals surface area contributed by atoms with Crippen molar-refractivity contribution in [2.45, 2.75) is 44.7 Å². The molecule has 1 aromatic carbocycles. The van der Waals surface area contributed by atoms with Crippen molar-refractivity contribution >= 4 is 0 Å². The Labute approximate surface area is 115 Å².